The van der Waals surface area contributed by atoms with Gasteiger partial charge in [-0.2, -0.15) is 18.3 Å². The van der Waals surface area contributed by atoms with Gasteiger partial charge in [0, 0.05) is 38.1 Å². The van der Waals surface area contributed by atoms with Gasteiger partial charge in [0.1, 0.15) is 11.5 Å². The molecule has 0 aromatic carbocycles. The Bertz CT molecular complexity index is 1010. The molecule has 8 nitrogen and oxygen atoms in total. The average molecular weight is 404 g/mol. The molecule has 4 rings (SSSR count). The van der Waals surface area contributed by atoms with Crippen molar-refractivity contribution in [3.63, 3.8) is 0 Å². The second-order valence-electron chi connectivity index (χ2n) is 6.79. The summed E-state index contributed by atoms with van der Waals surface area (Å²) >= 11 is 0. The predicted octanol–water partition coefficient (Wildman–Crippen LogP) is 2.41. The van der Waals surface area contributed by atoms with Crippen molar-refractivity contribution in [3.05, 3.63) is 47.8 Å². The molecule has 0 unspecified atom stereocenters. The van der Waals surface area contributed by atoms with Crippen LogP contribution in [0.4, 0.5) is 24.9 Å². The van der Waals surface area contributed by atoms with E-state index in [1.54, 1.807) is 22.0 Å². The third kappa shape index (κ3) is 3.98. The fourth-order valence-electron chi connectivity index (χ4n) is 3.26. The highest BCUT2D eigenvalue weighted by Crippen LogP contribution is 2.28. The summed E-state index contributed by atoms with van der Waals surface area (Å²) in [6.45, 7) is 5.95. The van der Waals surface area contributed by atoms with Crippen molar-refractivity contribution >= 4 is 11.8 Å². The van der Waals surface area contributed by atoms with E-state index in [9.17, 15) is 13.2 Å². The van der Waals surface area contributed by atoms with E-state index in [0.29, 0.717) is 37.8 Å². The van der Waals surface area contributed by atoms with Gasteiger partial charge in [-0.3, -0.25) is 4.98 Å². The Balaban J connectivity index is 1.48. The third-order valence-electron chi connectivity index (χ3n) is 4.66. The lowest BCUT2D eigenvalue weighted by molar-refractivity contribution is -0.141. The zero-order valence-electron chi connectivity index (χ0n) is 15.9. The van der Waals surface area contributed by atoms with Crippen LogP contribution in [-0.4, -0.2) is 55.9 Å². The first kappa shape index (κ1) is 19.1. The van der Waals surface area contributed by atoms with Gasteiger partial charge in [-0.05, 0) is 26.0 Å². The lowest BCUT2D eigenvalue weighted by Gasteiger charge is -2.35. The highest BCUT2D eigenvalue weighted by molar-refractivity contribution is 5.43. The summed E-state index contributed by atoms with van der Waals surface area (Å²) in [6.07, 6.45) is -0.0271. The molecule has 11 heteroatoms. The van der Waals surface area contributed by atoms with E-state index in [2.05, 4.69) is 25.0 Å². The largest absolute Gasteiger partial charge is 0.433 e. The molecule has 0 atom stereocenters. The van der Waals surface area contributed by atoms with Gasteiger partial charge in [0.15, 0.2) is 5.82 Å². The van der Waals surface area contributed by atoms with Crippen molar-refractivity contribution in [1.29, 1.82) is 0 Å². The molecule has 1 aliphatic heterocycles. The number of anilines is 2. The average Bonchev–Trinajstić information content (AvgIpc) is 3.06. The first-order chi connectivity index (χ1) is 13.8. The number of hydrogen-bond acceptors (Lipinski definition) is 7. The van der Waals surface area contributed by atoms with Crippen LogP contribution in [-0.2, 0) is 6.18 Å². The molecule has 1 fully saturated rings. The van der Waals surface area contributed by atoms with Crippen molar-refractivity contribution in [3.8, 4) is 5.82 Å². The molecule has 1 saturated heterocycles. The molecule has 3 aromatic rings. The van der Waals surface area contributed by atoms with Gasteiger partial charge in [0.2, 0.25) is 5.95 Å². The summed E-state index contributed by atoms with van der Waals surface area (Å²) in [6, 6.07) is 2.84. The fraction of sp³-hybridized carbons (Fsp3) is 0.389. The van der Waals surface area contributed by atoms with Crippen LogP contribution in [0.2, 0.25) is 0 Å². The molecule has 29 heavy (non-hydrogen) atoms. The monoisotopic (exact) mass is 404 g/mol. The highest BCUT2D eigenvalue weighted by atomic mass is 19.4. The zero-order valence-corrected chi connectivity index (χ0v) is 15.9. The van der Waals surface area contributed by atoms with Crippen LogP contribution in [0.5, 0.6) is 0 Å². The van der Waals surface area contributed by atoms with Crippen LogP contribution in [0.3, 0.4) is 0 Å². The molecule has 0 radical (unpaired) electrons. The maximum Gasteiger partial charge on any atom is 0.433 e. The molecule has 0 saturated carbocycles. The maximum atomic E-state index is 12.9. The SMILES string of the molecule is Cc1cc(C)n(-c2cncc(N3CCN(c4nccc(C(F)(F)F)n4)CC3)n2)n1. The van der Waals surface area contributed by atoms with Crippen LogP contribution in [0.1, 0.15) is 17.1 Å². The minimum absolute atomic E-state index is 0.0851. The fourth-order valence-corrected chi connectivity index (χ4v) is 3.26. The number of hydrogen-bond donors (Lipinski definition) is 0. The lowest BCUT2D eigenvalue weighted by atomic mass is 10.3. The Kier molecular flexibility index (Phi) is 4.81. The van der Waals surface area contributed by atoms with E-state index in [-0.39, 0.29) is 5.95 Å². The molecule has 152 valence electrons. The Morgan fingerprint density at radius 2 is 1.62 bits per heavy atom. The second-order valence-corrected chi connectivity index (χ2v) is 6.79. The van der Waals surface area contributed by atoms with Gasteiger partial charge in [-0.25, -0.2) is 19.6 Å². The van der Waals surface area contributed by atoms with Crippen LogP contribution < -0.4 is 9.80 Å². The normalized spacial score (nSPS) is 15.1. The van der Waals surface area contributed by atoms with Gasteiger partial charge >= 0.3 is 6.18 Å². The maximum absolute atomic E-state index is 12.9. The molecule has 4 heterocycles. The molecule has 0 bridgehead atoms. The minimum atomic E-state index is -4.49. The van der Waals surface area contributed by atoms with Gasteiger partial charge in [0.25, 0.3) is 0 Å². The first-order valence-electron chi connectivity index (χ1n) is 9.07. The van der Waals surface area contributed by atoms with Gasteiger partial charge in [-0.15, -0.1) is 0 Å². The summed E-state index contributed by atoms with van der Waals surface area (Å²) in [7, 11) is 0. The van der Waals surface area contributed by atoms with Crippen molar-refractivity contribution in [2.24, 2.45) is 0 Å². The zero-order chi connectivity index (χ0) is 20.6. The Morgan fingerprint density at radius 1 is 0.931 bits per heavy atom. The van der Waals surface area contributed by atoms with E-state index in [1.807, 2.05) is 24.8 Å². The number of nitrogens with zero attached hydrogens (tertiary/aromatic N) is 8. The first-order valence-corrected chi connectivity index (χ1v) is 9.07. The summed E-state index contributed by atoms with van der Waals surface area (Å²) in [5.41, 5.74) is 0.915. The van der Waals surface area contributed by atoms with Gasteiger partial charge < -0.3 is 9.80 Å². The number of alkyl halides is 3. The number of aryl methyl sites for hydroxylation is 2. The second kappa shape index (κ2) is 7.30. The van der Waals surface area contributed by atoms with Crippen molar-refractivity contribution in [2.75, 3.05) is 36.0 Å². The topological polar surface area (TPSA) is 75.9 Å². The molecular weight excluding hydrogens is 385 g/mol. The van der Waals surface area contributed by atoms with Crippen LogP contribution >= 0.6 is 0 Å². The van der Waals surface area contributed by atoms with E-state index in [1.165, 1.54) is 0 Å². The number of piperazine rings is 1. The third-order valence-corrected chi connectivity index (χ3v) is 4.66. The molecule has 3 aromatic heterocycles. The number of rotatable bonds is 3. The summed E-state index contributed by atoms with van der Waals surface area (Å²) in [4.78, 5) is 20.4. The summed E-state index contributed by atoms with van der Waals surface area (Å²) in [5.74, 6) is 1.40. The predicted molar refractivity (Wildman–Crippen MR) is 100 cm³/mol. The molecule has 0 amide bonds. The van der Waals surface area contributed by atoms with Crippen molar-refractivity contribution < 1.29 is 13.2 Å². The van der Waals surface area contributed by atoms with E-state index in [4.69, 9.17) is 0 Å². The van der Waals surface area contributed by atoms with E-state index >= 15 is 0 Å². The Labute approximate surface area is 165 Å². The Morgan fingerprint density at radius 3 is 2.28 bits per heavy atom. The van der Waals surface area contributed by atoms with Crippen molar-refractivity contribution in [1.82, 2.24) is 29.7 Å². The number of halogens is 3. The quantitative estimate of drug-likeness (QED) is 0.664. The van der Waals surface area contributed by atoms with Gasteiger partial charge in [0.05, 0.1) is 18.1 Å². The minimum Gasteiger partial charge on any atom is -0.352 e. The molecule has 0 aliphatic carbocycles. The van der Waals surface area contributed by atoms with E-state index < -0.39 is 11.9 Å². The standard InChI is InChI=1S/C18H19F3N8/c1-12-9-13(2)29(26-12)16-11-22-10-15(25-16)27-5-7-28(8-6-27)17-23-4-3-14(24-17)18(19,20)21/h3-4,9-11H,5-8H2,1-2H3. The lowest BCUT2D eigenvalue weighted by Crippen LogP contribution is -2.47. The highest BCUT2D eigenvalue weighted by Gasteiger charge is 2.33. The van der Waals surface area contributed by atoms with Crippen LogP contribution in [0, 0.1) is 13.8 Å². The van der Waals surface area contributed by atoms with Gasteiger partial charge in [-0.1, -0.05) is 0 Å². The Hall–Kier alpha value is -3.24. The smallest absolute Gasteiger partial charge is 0.352 e. The van der Waals surface area contributed by atoms with Crippen LogP contribution in [0.25, 0.3) is 5.82 Å². The van der Waals surface area contributed by atoms with Crippen LogP contribution in [0.15, 0.2) is 30.7 Å². The molecule has 1 aliphatic rings. The molecule has 0 N–H and O–H groups in total. The van der Waals surface area contributed by atoms with Crippen molar-refractivity contribution in [2.45, 2.75) is 20.0 Å². The summed E-state index contributed by atoms with van der Waals surface area (Å²) in [5, 5.41) is 4.43. The van der Waals surface area contributed by atoms with E-state index in [0.717, 1.165) is 23.7 Å². The molecule has 0 spiro atoms. The molecular formula is C18H19F3N8. The number of aromatic nitrogens is 6. The summed E-state index contributed by atoms with van der Waals surface area (Å²) < 4.78 is 40.4.